The summed E-state index contributed by atoms with van der Waals surface area (Å²) in [5, 5.41) is 59.6. The molecule has 208 valence electrons. The summed E-state index contributed by atoms with van der Waals surface area (Å²) in [6, 6.07) is 13.2. The van der Waals surface area contributed by atoms with E-state index in [1.807, 2.05) is 0 Å². The zero-order valence-corrected chi connectivity index (χ0v) is 20.8. The van der Waals surface area contributed by atoms with Crippen LogP contribution in [0.4, 0.5) is 0 Å². The fourth-order valence-corrected chi connectivity index (χ4v) is 4.24. The van der Waals surface area contributed by atoms with E-state index in [0.29, 0.717) is 16.9 Å². The molecule has 0 aliphatic carbocycles. The second-order valence-electron chi connectivity index (χ2n) is 9.20. The molecule has 0 saturated carbocycles. The number of fused-ring (bicyclic) bond motifs is 1. The predicted octanol–water partition coefficient (Wildman–Crippen LogP) is 2.74. The van der Waals surface area contributed by atoms with E-state index in [1.54, 1.807) is 24.3 Å². The lowest BCUT2D eigenvalue weighted by atomic mass is 10.0. The van der Waals surface area contributed by atoms with Gasteiger partial charge in [-0.1, -0.05) is 18.2 Å². The Morgan fingerprint density at radius 1 is 0.900 bits per heavy atom. The monoisotopic (exact) mass is 550 g/mol. The zero-order chi connectivity index (χ0) is 28.4. The molecule has 6 N–H and O–H groups in total. The molecule has 2 aliphatic rings. The van der Waals surface area contributed by atoms with Crippen LogP contribution in [0, 0.1) is 0 Å². The van der Waals surface area contributed by atoms with Gasteiger partial charge in [0.2, 0.25) is 6.29 Å². The molecule has 3 aromatic rings. The van der Waals surface area contributed by atoms with E-state index < -0.39 is 43.3 Å². The standard InChI is InChI=1S/C29H26O11/c30-17-5-3-16(4-6-17)22-9-7-19-23(38-22)12-18(31)13-24(19)39-29-28(36)27(35)25(40-29)14-37-26(34)10-2-15-1-8-20(32)21(33)11-15/h1-13,22,25,27-33,35-36H,14H2. The topological polar surface area (TPSA) is 175 Å². The number of hydrogen-bond donors (Lipinski definition) is 6. The molecular weight excluding hydrogens is 524 g/mol. The summed E-state index contributed by atoms with van der Waals surface area (Å²) in [4.78, 5) is 12.1. The van der Waals surface area contributed by atoms with E-state index in [4.69, 9.17) is 18.9 Å². The second-order valence-corrected chi connectivity index (χ2v) is 9.20. The van der Waals surface area contributed by atoms with E-state index in [-0.39, 0.29) is 28.7 Å². The van der Waals surface area contributed by atoms with Gasteiger partial charge in [-0.25, -0.2) is 4.79 Å². The maximum absolute atomic E-state index is 12.1. The summed E-state index contributed by atoms with van der Waals surface area (Å²) in [5.41, 5.74) is 1.69. The third-order valence-electron chi connectivity index (χ3n) is 6.37. The van der Waals surface area contributed by atoms with Crippen molar-refractivity contribution >= 4 is 18.1 Å². The molecule has 2 aliphatic heterocycles. The summed E-state index contributed by atoms with van der Waals surface area (Å²) in [6.07, 6.45) is 0.0832. The molecule has 2 heterocycles. The van der Waals surface area contributed by atoms with Gasteiger partial charge in [0.25, 0.3) is 0 Å². The van der Waals surface area contributed by atoms with Crippen LogP contribution in [0.15, 0.2) is 66.7 Å². The second kappa shape index (κ2) is 11.2. The van der Waals surface area contributed by atoms with Gasteiger partial charge in [0.15, 0.2) is 11.5 Å². The van der Waals surface area contributed by atoms with Gasteiger partial charge >= 0.3 is 5.97 Å². The van der Waals surface area contributed by atoms with Gasteiger partial charge < -0.3 is 49.6 Å². The molecule has 0 bridgehead atoms. The van der Waals surface area contributed by atoms with Crippen molar-refractivity contribution in [2.45, 2.75) is 30.7 Å². The lowest BCUT2D eigenvalue weighted by Crippen LogP contribution is -2.36. The minimum atomic E-state index is -1.49. The number of rotatable bonds is 7. The van der Waals surface area contributed by atoms with Crippen LogP contribution in [0.5, 0.6) is 34.5 Å². The van der Waals surface area contributed by atoms with E-state index in [9.17, 15) is 35.4 Å². The van der Waals surface area contributed by atoms with Gasteiger partial charge in [0.05, 0.1) is 5.56 Å². The summed E-state index contributed by atoms with van der Waals surface area (Å²) in [6.45, 7) is -0.391. The number of phenols is 4. The zero-order valence-electron chi connectivity index (χ0n) is 20.8. The highest BCUT2D eigenvalue weighted by Gasteiger charge is 2.45. The van der Waals surface area contributed by atoms with Crippen molar-refractivity contribution < 1.29 is 54.4 Å². The van der Waals surface area contributed by atoms with Crippen LogP contribution < -0.4 is 9.47 Å². The van der Waals surface area contributed by atoms with Crippen LogP contribution in [0.1, 0.15) is 22.8 Å². The number of aliphatic hydroxyl groups excluding tert-OH is 2. The predicted molar refractivity (Wildman–Crippen MR) is 140 cm³/mol. The Bertz CT molecular complexity index is 1450. The van der Waals surface area contributed by atoms with E-state index in [1.165, 1.54) is 48.5 Å². The molecule has 3 aromatic carbocycles. The Morgan fingerprint density at radius 2 is 1.68 bits per heavy atom. The van der Waals surface area contributed by atoms with Crippen LogP contribution in [0.2, 0.25) is 0 Å². The van der Waals surface area contributed by atoms with E-state index >= 15 is 0 Å². The fourth-order valence-electron chi connectivity index (χ4n) is 4.24. The minimum Gasteiger partial charge on any atom is -0.508 e. The molecular formula is C29H26O11. The first-order chi connectivity index (χ1) is 19.2. The van der Waals surface area contributed by atoms with Crippen LogP contribution >= 0.6 is 0 Å². The molecule has 5 atom stereocenters. The van der Waals surface area contributed by atoms with Gasteiger partial charge in [0.1, 0.15) is 54.0 Å². The van der Waals surface area contributed by atoms with E-state index in [2.05, 4.69) is 0 Å². The SMILES string of the molecule is O=C(C=Cc1ccc(O)c(O)c1)OCC1OC(Oc2cc(O)cc3c2C=CC(c2ccc(O)cc2)O3)C(O)C1O. The Balaban J connectivity index is 1.22. The Hall–Kier alpha value is -4.71. The first-order valence-electron chi connectivity index (χ1n) is 12.2. The number of carbonyl (C=O) groups excluding carboxylic acids is 1. The van der Waals surface area contributed by atoms with Crippen molar-refractivity contribution in [2.24, 2.45) is 0 Å². The van der Waals surface area contributed by atoms with Crippen molar-refractivity contribution in [1.29, 1.82) is 0 Å². The number of aromatic hydroxyl groups is 4. The van der Waals surface area contributed by atoms with Crippen molar-refractivity contribution in [1.82, 2.24) is 0 Å². The first kappa shape index (κ1) is 26.9. The largest absolute Gasteiger partial charge is 0.508 e. The van der Waals surface area contributed by atoms with Crippen molar-refractivity contribution in [2.75, 3.05) is 6.61 Å². The van der Waals surface area contributed by atoms with Gasteiger partial charge in [-0.3, -0.25) is 0 Å². The Kier molecular flexibility index (Phi) is 7.52. The number of esters is 1. The lowest BCUT2D eigenvalue weighted by molar-refractivity contribution is -0.149. The van der Waals surface area contributed by atoms with Crippen LogP contribution in [0.25, 0.3) is 12.2 Å². The number of benzene rings is 3. The third kappa shape index (κ3) is 5.81. The molecule has 40 heavy (non-hydrogen) atoms. The number of ether oxygens (including phenoxy) is 4. The average Bonchev–Trinajstić information content (AvgIpc) is 3.20. The van der Waals surface area contributed by atoms with Gasteiger partial charge in [-0.15, -0.1) is 0 Å². The molecule has 11 heteroatoms. The molecule has 11 nitrogen and oxygen atoms in total. The highest BCUT2D eigenvalue weighted by atomic mass is 16.7. The fraction of sp³-hybridized carbons (Fsp3) is 0.207. The number of aliphatic hydroxyl groups is 2. The van der Waals surface area contributed by atoms with Crippen LogP contribution in [0.3, 0.4) is 0 Å². The Morgan fingerprint density at radius 3 is 2.42 bits per heavy atom. The highest BCUT2D eigenvalue weighted by Crippen LogP contribution is 2.42. The summed E-state index contributed by atoms with van der Waals surface area (Å²) >= 11 is 0. The van der Waals surface area contributed by atoms with Crippen molar-refractivity contribution in [3.8, 4) is 34.5 Å². The number of phenolic OH excluding ortho intramolecular Hbond substituents is 4. The molecule has 1 saturated heterocycles. The van der Waals surface area contributed by atoms with Gasteiger partial charge in [-0.2, -0.15) is 0 Å². The van der Waals surface area contributed by atoms with Crippen LogP contribution in [-0.2, 0) is 14.3 Å². The molecule has 0 spiro atoms. The number of carbonyl (C=O) groups is 1. The molecule has 0 aromatic heterocycles. The average molecular weight is 551 g/mol. The van der Waals surface area contributed by atoms with Gasteiger partial charge in [-0.05, 0) is 53.6 Å². The summed E-state index contributed by atoms with van der Waals surface area (Å²) in [7, 11) is 0. The highest BCUT2D eigenvalue weighted by molar-refractivity contribution is 5.87. The smallest absolute Gasteiger partial charge is 0.330 e. The molecule has 5 unspecified atom stereocenters. The molecule has 0 amide bonds. The summed E-state index contributed by atoms with van der Waals surface area (Å²) < 4.78 is 22.5. The third-order valence-corrected chi connectivity index (χ3v) is 6.37. The van der Waals surface area contributed by atoms with Crippen LogP contribution in [-0.4, -0.2) is 67.8 Å². The molecule has 5 rings (SSSR count). The number of hydrogen-bond acceptors (Lipinski definition) is 11. The first-order valence-corrected chi connectivity index (χ1v) is 12.2. The molecule has 1 fully saturated rings. The maximum atomic E-state index is 12.1. The van der Waals surface area contributed by atoms with Crippen molar-refractivity contribution in [3.63, 3.8) is 0 Å². The quantitative estimate of drug-likeness (QED) is 0.145. The van der Waals surface area contributed by atoms with Crippen molar-refractivity contribution in [3.05, 3.63) is 83.4 Å². The lowest BCUT2D eigenvalue weighted by Gasteiger charge is -2.25. The molecule has 0 radical (unpaired) electrons. The minimum absolute atomic E-state index is 0.120. The van der Waals surface area contributed by atoms with E-state index in [0.717, 1.165) is 11.6 Å². The maximum Gasteiger partial charge on any atom is 0.330 e. The van der Waals surface area contributed by atoms with Gasteiger partial charge in [0, 0.05) is 18.2 Å². The summed E-state index contributed by atoms with van der Waals surface area (Å²) in [5.74, 6) is -1.02. The normalized spacial score (nSPS) is 23.5. The Labute approximate surface area is 228 Å².